The monoisotopic (exact) mass is 292 g/mol. The number of carbonyl (C=O) groups is 1. The van der Waals surface area contributed by atoms with Gasteiger partial charge in [-0.15, -0.1) is 0 Å². The van der Waals surface area contributed by atoms with Gasteiger partial charge in [0, 0.05) is 18.7 Å². The highest BCUT2D eigenvalue weighted by atomic mass is 16.6. The molecule has 0 amide bonds. The molecule has 1 aliphatic heterocycles. The summed E-state index contributed by atoms with van der Waals surface area (Å²) < 4.78 is 0. The molecule has 0 saturated carbocycles. The summed E-state index contributed by atoms with van der Waals surface area (Å²) in [4.78, 5) is 23.6. The number of rotatable bonds is 5. The van der Waals surface area contributed by atoms with Crippen LogP contribution in [0.1, 0.15) is 25.3 Å². The summed E-state index contributed by atoms with van der Waals surface area (Å²) in [5.41, 5.74) is 0.574. The zero-order valence-corrected chi connectivity index (χ0v) is 12.1. The van der Waals surface area contributed by atoms with Gasteiger partial charge in [-0.2, -0.15) is 0 Å². The zero-order chi connectivity index (χ0) is 15.5. The van der Waals surface area contributed by atoms with E-state index >= 15 is 0 Å². The van der Waals surface area contributed by atoms with E-state index in [0.717, 1.165) is 31.6 Å². The lowest BCUT2D eigenvalue weighted by molar-refractivity contribution is -0.384. The van der Waals surface area contributed by atoms with E-state index in [9.17, 15) is 20.0 Å². The molecule has 1 N–H and O–H groups in total. The van der Waals surface area contributed by atoms with E-state index in [0.29, 0.717) is 12.8 Å². The zero-order valence-electron chi connectivity index (χ0n) is 12.1. The number of likely N-dealkylation sites (tertiary alicyclic amines) is 1. The summed E-state index contributed by atoms with van der Waals surface area (Å²) in [5.74, 6) is -0.711. The van der Waals surface area contributed by atoms with E-state index in [1.807, 2.05) is 6.92 Å². The van der Waals surface area contributed by atoms with Gasteiger partial charge in [-0.3, -0.25) is 14.9 Å². The number of hydrogen-bond donors (Lipinski definition) is 1. The van der Waals surface area contributed by atoms with Crippen molar-refractivity contribution in [1.82, 2.24) is 4.90 Å². The summed E-state index contributed by atoms with van der Waals surface area (Å²) in [6.07, 6.45) is 2.16. The first-order valence-electron chi connectivity index (χ1n) is 7.10. The fourth-order valence-electron chi connectivity index (χ4n) is 2.56. The van der Waals surface area contributed by atoms with Gasteiger partial charge in [0.25, 0.3) is 5.69 Å². The Labute approximate surface area is 123 Å². The Kier molecular flexibility index (Phi) is 4.57. The maximum Gasteiger partial charge on any atom is 0.309 e. The van der Waals surface area contributed by atoms with Crippen molar-refractivity contribution in [1.29, 1.82) is 0 Å². The molecule has 0 aliphatic carbocycles. The predicted octanol–water partition coefficient (Wildman–Crippen LogP) is 2.32. The molecule has 1 saturated heterocycles. The molecule has 1 aromatic carbocycles. The van der Waals surface area contributed by atoms with E-state index < -0.39 is 16.3 Å². The molecule has 1 fully saturated rings. The fraction of sp³-hybridized carbons (Fsp3) is 0.533. The van der Waals surface area contributed by atoms with Crippen LogP contribution in [0.3, 0.4) is 0 Å². The Hall–Kier alpha value is -1.95. The van der Waals surface area contributed by atoms with Gasteiger partial charge in [-0.05, 0) is 44.8 Å². The van der Waals surface area contributed by atoms with Crippen molar-refractivity contribution in [2.45, 2.75) is 26.2 Å². The molecule has 1 aromatic rings. The highest BCUT2D eigenvalue weighted by Crippen LogP contribution is 2.31. The minimum absolute atomic E-state index is 0.106. The fourth-order valence-corrected chi connectivity index (χ4v) is 2.56. The number of carboxylic acids is 1. The lowest BCUT2D eigenvalue weighted by atomic mass is 9.80. The largest absolute Gasteiger partial charge is 0.481 e. The SMILES string of the molecule is CC1(C(=O)O)CCN(CCc2ccc([N+](=O)[O-])cc2)CC1. The lowest BCUT2D eigenvalue weighted by Crippen LogP contribution is -2.43. The van der Waals surface area contributed by atoms with E-state index in [2.05, 4.69) is 4.90 Å². The van der Waals surface area contributed by atoms with Gasteiger partial charge in [-0.1, -0.05) is 12.1 Å². The van der Waals surface area contributed by atoms with E-state index in [1.165, 1.54) is 12.1 Å². The van der Waals surface area contributed by atoms with Crippen LogP contribution in [0, 0.1) is 15.5 Å². The molecule has 0 aromatic heterocycles. The van der Waals surface area contributed by atoms with Gasteiger partial charge in [-0.25, -0.2) is 0 Å². The van der Waals surface area contributed by atoms with Gasteiger partial charge < -0.3 is 10.0 Å². The van der Waals surface area contributed by atoms with Crippen LogP contribution in [0.2, 0.25) is 0 Å². The lowest BCUT2D eigenvalue weighted by Gasteiger charge is -2.36. The maximum absolute atomic E-state index is 11.2. The third kappa shape index (κ3) is 3.78. The predicted molar refractivity (Wildman–Crippen MR) is 78.2 cm³/mol. The van der Waals surface area contributed by atoms with Crippen molar-refractivity contribution in [3.63, 3.8) is 0 Å². The second-order valence-electron chi connectivity index (χ2n) is 5.88. The van der Waals surface area contributed by atoms with Gasteiger partial charge in [0.2, 0.25) is 0 Å². The average molecular weight is 292 g/mol. The van der Waals surface area contributed by atoms with Gasteiger partial charge in [0.05, 0.1) is 10.3 Å². The molecule has 1 heterocycles. The van der Waals surface area contributed by atoms with Gasteiger partial charge in [0.1, 0.15) is 0 Å². The van der Waals surface area contributed by atoms with E-state index in [4.69, 9.17) is 0 Å². The Bertz CT molecular complexity index is 519. The summed E-state index contributed by atoms with van der Waals surface area (Å²) in [5, 5.41) is 19.8. The molecule has 2 rings (SSSR count). The van der Waals surface area contributed by atoms with Crippen molar-refractivity contribution >= 4 is 11.7 Å². The quantitative estimate of drug-likeness (QED) is 0.665. The summed E-state index contributed by atoms with van der Waals surface area (Å²) in [6, 6.07) is 6.60. The molecule has 21 heavy (non-hydrogen) atoms. The number of nitrogens with zero attached hydrogens (tertiary/aromatic N) is 2. The molecular formula is C15H20N2O4. The van der Waals surface area contributed by atoms with Crippen molar-refractivity contribution in [2.75, 3.05) is 19.6 Å². The van der Waals surface area contributed by atoms with Crippen LogP contribution < -0.4 is 0 Å². The van der Waals surface area contributed by atoms with Crippen molar-refractivity contribution in [3.8, 4) is 0 Å². The first kappa shape index (κ1) is 15.4. The van der Waals surface area contributed by atoms with E-state index in [1.54, 1.807) is 12.1 Å². The minimum atomic E-state index is -0.711. The highest BCUT2D eigenvalue weighted by molar-refractivity contribution is 5.74. The highest BCUT2D eigenvalue weighted by Gasteiger charge is 2.36. The summed E-state index contributed by atoms with van der Waals surface area (Å²) in [7, 11) is 0. The Balaban J connectivity index is 1.82. The van der Waals surface area contributed by atoms with Gasteiger partial charge >= 0.3 is 5.97 Å². The molecular weight excluding hydrogens is 272 g/mol. The number of hydrogen-bond acceptors (Lipinski definition) is 4. The second kappa shape index (κ2) is 6.22. The van der Waals surface area contributed by atoms with Gasteiger partial charge in [0.15, 0.2) is 0 Å². The number of aliphatic carboxylic acids is 1. The molecule has 1 aliphatic rings. The smallest absolute Gasteiger partial charge is 0.309 e. The number of carboxylic acid groups (broad SMARTS) is 1. The standard InChI is InChI=1S/C15H20N2O4/c1-15(14(18)19)7-10-16(11-8-15)9-6-12-2-4-13(5-3-12)17(20)21/h2-5H,6-11H2,1H3,(H,18,19). The van der Waals surface area contributed by atoms with E-state index in [-0.39, 0.29) is 5.69 Å². The van der Waals surface area contributed by atoms with Crippen LogP contribution >= 0.6 is 0 Å². The molecule has 6 nitrogen and oxygen atoms in total. The topological polar surface area (TPSA) is 83.7 Å². The van der Waals surface area contributed by atoms with Crippen molar-refractivity contribution in [2.24, 2.45) is 5.41 Å². The third-order valence-electron chi connectivity index (χ3n) is 4.34. The molecule has 0 radical (unpaired) electrons. The summed E-state index contributed by atoms with van der Waals surface area (Å²) in [6.45, 7) is 4.24. The average Bonchev–Trinajstić information content (AvgIpc) is 2.47. The maximum atomic E-state index is 11.2. The Morgan fingerprint density at radius 3 is 2.38 bits per heavy atom. The molecule has 6 heteroatoms. The number of nitro groups is 1. The number of nitro benzene ring substituents is 1. The molecule has 114 valence electrons. The van der Waals surface area contributed by atoms with Crippen LogP contribution in [0.5, 0.6) is 0 Å². The van der Waals surface area contributed by atoms with Crippen LogP contribution in [-0.4, -0.2) is 40.5 Å². The van der Waals surface area contributed by atoms with Crippen molar-refractivity contribution in [3.05, 3.63) is 39.9 Å². The second-order valence-corrected chi connectivity index (χ2v) is 5.88. The molecule has 0 bridgehead atoms. The first-order chi connectivity index (χ1) is 9.90. The van der Waals surface area contributed by atoms with Crippen LogP contribution in [0.15, 0.2) is 24.3 Å². The molecule has 0 unspecified atom stereocenters. The van der Waals surface area contributed by atoms with Crippen LogP contribution in [0.4, 0.5) is 5.69 Å². The Morgan fingerprint density at radius 1 is 1.33 bits per heavy atom. The summed E-state index contributed by atoms with van der Waals surface area (Å²) >= 11 is 0. The third-order valence-corrected chi connectivity index (χ3v) is 4.34. The number of non-ortho nitro benzene ring substituents is 1. The van der Waals surface area contributed by atoms with Crippen LogP contribution in [0.25, 0.3) is 0 Å². The normalized spacial score (nSPS) is 18.3. The number of benzene rings is 1. The molecule has 0 atom stereocenters. The minimum Gasteiger partial charge on any atom is -0.481 e. The van der Waals surface area contributed by atoms with Crippen molar-refractivity contribution < 1.29 is 14.8 Å². The first-order valence-corrected chi connectivity index (χ1v) is 7.10. The Morgan fingerprint density at radius 2 is 1.90 bits per heavy atom. The number of piperidine rings is 1. The van der Waals surface area contributed by atoms with Crippen LogP contribution in [-0.2, 0) is 11.2 Å². The molecule has 0 spiro atoms.